The van der Waals surface area contributed by atoms with E-state index in [4.69, 9.17) is 4.74 Å². The Morgan fingerprint density at radius 2 is 1.96 bits per heavy atom. The summed E-state index contributed by atoms with van der Waals surface area (Å²) in [4.78, 5) is 12.4. The number of halogens is 1. The minimum atomic E-state index is -0.324. The molecule has 0 bridgehead atoms. The number of aryl methyl sites for hydroxylation is 2. The van der Waals surface area contributed by atoms with E-state index in [1.807, 2.05) is 39.0 Å². The van der Waals surface area contributed by atoms with Crippen LogP contribution in [0.15, 0.2) is 42.5 Å². The molecule has 1 amide bonds. The summed E-state index contributed by atoms with van der Waals surface area (Å²) >= 11 is 0. The standard InChI is InChI=1S/C21H24FNO2/c1-14-4-10-17-18(13-21(2,3)25-19(17)12-14)23-20(24)11-7-15-5-8-16(22)9-6-15/h4-6,8-10,12,18H,7,11,13H2,1-3H3,(H,23,24)/t18-/m1/s1. The van der Waals surface area contributed by atoms with E-state index in [9.17, 15) is 9.18 Å². The monoisotopic (exact) mass is 341 g/mol. The molecule has 1 N–H and O–H groups in total. The van der Waals surface area contributed by atoms with Crippen molar-refractivity contribution in [3.8, 4) is 5.75 Å². The third-order valence-corrected chi connectivity index (χ3v) is 4.52. The van der Waals surface area contributed by atoms with Gasteiger partial charge in [0.25, 0.3) is 0 Å². The number of ether oxygens (including phenoxy) is 1. The van der Waals surface area contributed by atoms with Crippen molar-refractivity contribution < 1.29 is 13.9 Å². The minimum Gasteiger partial charge on any atom is -0.487 e. The first-order chi connectivity index (χ1) is 11.8. The number of hydrogen-bond acceptors (Lipinski definition) is 2. The molecule has 2 aromatic carbocycles. The molecule has 0 saturated heterocycles. The third-order valence-electron chi connectivity index (χ3n) is 4.52. The number of amides is 1. The number of benzene rings is 2. The topological polar surface area (TPSA) is 38.3 Å². The molecule has 0 unspecified atom stereocenters. The molecule has 4 heteroatoms. The molecule has 0 spiro atoms. The number of hydrogen-bond donors (Lipinski definition) is 1. The fourth-order valence-electron chi connectivity index (χ4n) is 3.26. The zero-order valence-electron chi connectivity index (χ0n) is 14.9. The van der Waals surface area contributed by atoms with Gasteiger partial charge in [-0.2, -0.15) is 0 Å². The van der Waals surface area contributed by atoms with Gasteiger partial charge in [-0.1, -0.05) is 24.3 Å². The predicted octanol–water partition coefficient (Wildman–Crippen LogP) is 4.49. The van der Waals surface area contributed by atoms with Crippen LogP contribution in [0.4, 0.5) is 4.39 Å². The lowest BCUT2D eigenvalue weighted by atomic mass is 9.89. The number of nitrogens with one attached hydrogen (secondary N) is 1. The SMILES string of the molecule is Cc1ccc2c(c1)OC(C)(C)C[C@H]2NC(=O)CCc1ccc(F)cc1. The van der Waals surface area contributed by atoms with Crippen LogP contribution in [0, 0.1) is 12.7 Å². The summed E-state index contributed by atoms with van der Waals surface area (Å²) in [6.45, 7) is 6.10. The van der Waals surface area contributed by atoms with Crippen LogP contribution in [0.2, 0.25) is 0 Å². The van der Waals surface area contributed by atoms with Crippen LogP contribution in [0.3, 0.4) is 0 Å². The summed E-state index contributed by atoms with van der Waals surface area (Å²) in [5.74, 6) is 0.586. The highest BCUT2D eigenvalue weighted by atomic mass is 19.1. The van der Waals surface area contributed by atoms with Crippen LogP contribution in [0.25, 0.3) is 0 Å². The first kappa shape index (κ1) is 17.5. The van der Waals surface area contributed by atoms with Crippen LogP contribution in [0.5, 0.6) is 5.75 Å². The molecule has 1 atom stereocenters. The Labute approximate surface area is 148 Å². The zero-order chi connectivity index (χ0) is 18.0. The summed E-state index contributed by atoms with van der Waals surface area (Å²) in [7, 11) is 0. The first-order valence-corrected chi connectivity index (χ1v) is 8.66. The molecular weight excluding hydrogens is 317 g/mol. The Morgan fingerprint density at radius 3 is 2.68 bits per heavy atom. The molecule has 3 nitrogen and oxygen atoms in total. The maximum absolute atomic E-state index is 12.9. The third kappa shape index (κ3) is 4.38. The second kappa shape index (κ2) is 6.87. The number of fused-ring (bicyclic) bond motifs is 1. The van der Waals surface area contributed by atoms with E-state index in [-0.39, 0.29) is 23.4 Å². The van der Waals surface area contributed by atoms with Gasteiger partial charge in [0.15, 0.2) is 0 Å². The fraction of sp³-hybridized carbons (Fsp3) is 0.381. The summed E-state index contributed by atoms with van der Waals surface area (Å²) < 4.78 is 19.0. The van der Waals surface area contributed by atoms with E-state index >= 15 is 0 Å². The van der Waals surface area contributed by atoms with Crippen molar-refractivity contribution >= 4 is 5.91 Å². The van der Waals surface area contributed by atoms with Gasteiger partial charge >= 0.3 is 0 Å². The fourth-order valence-corrected chi connectivity index (χ4v) is 3.26. The summed E-state index contributed by atoms with van der Waals surface area (Å²) in [6.07, 6.45) is 1.70. The van der Waals surface area contributed by atoms with Crippen LogP contribution < -0.4 is 10.1 Å². The van der Waals surface area contributed by atoms with E-state index in [0.29, 0.717) is 12.8 Å². The van der Waals surface area contributed by atoms with Gasteiger partial charge in [-0.05, 0) is 56.5 Å². The highest BCUT2D eigenvalue weighted by Crippen LogP contribution is 2.39. The molecule has 1 heterocycles. The lowest BCUT2D eigenvalue weighted by Gasteiger charge is -2.38. The van der Waals surface area contributed by atoms with Crippen LogP contribution in [0.1, 0.15) is 49.4 Å². The molecule has 0 aliphatic carbocycles. The molecule has 3 rings (SSSR count). The van der Waals surface area contributed by atoms with Gasteiger partial charge in [0.2, 0.25) is 5.91 Å². The quantitative estimate of drug-likeness (QED) is 0.890. The highest BCUT2D eigenvalue weighted by Gasteiger charge is 2.34. The summed E-state index contributed by atoms with van der Waals surface area (Å²) in [5, 5.41) is 3.14. The van der Waals surface area contributed by atoms with Gasteiger partial charge < -0.3 is 10.1 Å². The number of carbonyl (C=O) groups is 1. The van der Waals surface area contributed by atoms with Gasteiger partial charge in [0.1, 0.15) is 17.2 Å². The van der Waals surface area contributed by atoms with E-state index in [0.717, 1.165) is 28.9 Å². The predicted molar refractivity (Wildman–Crippen MR) is 96.1 cm³/mol. The molecule has 1 aliphatic rings. The van der Waals surface area contributed by atoms with Gasteiger partial charge in [-0.25, -0.2) is 4.39 Å². The van der Waals surface area contributed by atoms with Crippen molar-refractivity contribution in [2.45, 2.75) is 51.7 Å². The van der Waals surface area contributed by atoms with Crippen molar-refractivity contribution in [2.75, 3.05) is 0 Å². The molecule has 1 aliphatic heterocycles. The van der Waals surface area contributed by atoms with Crippen LogP contribution in [-0.2, 0) is 11.2 Å². The van der Waals surface area contributed by atoms with Crippen LogP contribution >= 0.6 is 0 Å². The maximum Gasteiger partial charge on any atom is 0.220 e. The van der Waals surface area contributed by atoms with Crippen molar-refractivity contribution in [3.63, 3.8) is 0 Å². The second-order valence-electron chi connectivity index (χ2n) is 7.35. The van der Waals surface area contributed by atoms with Gasteiger partial charge in [-0.3, -0.25) is 4.79 Å². The summed E-state index contributed by atoms with van der Waals surface area (Å²) in [6, 6.07) is 12.3. The van der Waals surface area contributed by atoms with Crippen molar-refractivity contribution in [1.29, 1.82) is 0 Å². The Bertz CT molecular complexity index is 768. The summed E-state index contributed by atoms with van der Waals surface area (Å²) in [5.41, 5.74) is 2.80. The molecule has 0 fully saturated rings. The van der Waals surface area contributed by atoms with Crippen molar-refractivity contribution in [2.24, 2.45) is 0 Å². The average Bonchev–Trinajstić information content (AvgIpc) is 2.52. The van der Waals surface area contributed by atoms with Gasteiger partial charge in [0, 0.05) is 18.4 Å². The molecular formula is C21H24FNO2. The largest absolute Gasteiger partial charge is 0.487 e. The van der Waals surface area contributed by atoms with E-state index in [1.165, 1.54) is 12.1 Å². The van der Waals surface area contributed by atoms with Gasteiger partial charge in [0.05, 0.1) is 6.04 Å². The maximum atomic E-state index is 12.9. The molecule has 132 valence electrons. The lowest BCUT2D eigenvalue weighted by molar-refractivity contribution is -0.122. The van der Waals surface area contributed by atoms with Crippen LogP contribution in [-0.4, -0.2) is 11.5 Å². The molecule has 0 saturated carbocycles. The van der Waals surface area contributed by atoms with E-state index in [1.54, 1.807) is 12.1 Å². The lowest BCUT2D eigenvalue weighted by Crippen LogP contribution is -2.41. The molecule has 25 heavy (non-hydrogen) atoms. The van der Waals surface area contributed by atoms with Crippen molar-refractivity contribution in [3.05, 3.63) is 65.0 Å². The zero-order valence-corrected chi connectivity index (χ0v) is 14.9. The number of rotatable bonds is 4. The van der Waals surface area contributed by atoms with Crippen molar-refractivity contribution in [1.82, 2.24) is 5.32 Å². The average molecular weight is 341 g/mol. The number of carbonyl (C=O) groups excluding carboxylic acids is 1. The Kier molecular flexibility index (Phi) is 4.80. The Hall–Kier alpha value is -2.36. The van der Waals surface area contributed by atoms with Gasteiger partial charge in [-0.15, -0.1) is 0 Å². The highest BCUT2D eigenvalue weighted by molar-refractivity contribution is 5.77. The molecule has 0 radical (unpaired) electrons. The molecule has 0 aromatic heterocycles. The smallest absolute Gasteiger partial charge is 0.220 e. The first-order valence-electron chi connectivity index (χ1n) is 8.66. The van der Waals surface area contributed by atoms with E-state index in [2.05, 4.69) is 5.32 Å². The normalized spacial score (nSPS) is 18.2. The second-order valence-corrected chi connectivity index (χ2v) is 7.35. The van der Waals surface area contributed by atoms with E-state index < -0.39 is 0 Å². The Morgan fingerprint density at radius 1 is 1.24 bits per heavy atom. The molecule has 2 aromatic rings. The Balaban J connectivity index is 1.67. The minimum absolute atomic E-state index is 0.00134.